The van der Waals surface area contributed by atoms with Crippen molar-refractivity contribution in [1.29, 1.82) is 0 Å². The summed E-state index contributed by atoms with van der Waals surface area (Å²) in [5.41, 5.74) is 1.10. The number of ether oxygens (including phenoxy) is 2. The van der Waals surface area contributed by atoms with E-state index >= 15 is 0 Å². The minimum absolute atomic E-state index is 0.128. The lowest BCUT2D eigenvalue weighted by Crippen LogP contribution is -2.46. The number of methoxy groups -OCH3 is 1. The summed E-state index contributed by atoms with van der Waals surface area (Å²) >= 11 is 2.23. The van der Waals surface area contributed by atoms with E-state index in [-0.39, 0.29) is 12.1 Å². The quantitative estimate of drug-likeness (QED) is 0.567. The Labute approximate surface area is 163 Å². The second-order valence-corrected chi connectivity index (χ2v) is 7.85. The number of β-amino-alcohol motifs (C(OH)–C–C–N with tert-alkyl or cyclic N) is 1. The molecular weight excluding hydrogens is 429 g/mol. The second kappa shape index (κ2) is 9.40. The average molecular weight is 455 g/mol. The van der Waals surface area contributed by atoms with Gasteiger partial charge >= 0.3 is 0 Å². The number of aliphatic hydroxyl groups excluding tert-OH is 1. The van der Waals surface area contributed by atoms with Crippen LogP contribution in [0.2, 0.25) is 0 Å². The lowest BCUT2D eigenvalue weighted by atomic mass is 9.94. The fraction of sp³-hybridized carbons (Fsp3) is 0.400. The highest BCUT2D eigenvalue weighted by atomic mass is 127. The van der Waals surface area contributed by atoms with Gasteiger partial charge in [0.15, 0.2) is 0 Å². The first kappa shape index (κ1) is 20.0. The standard InChI is InChI=1S/C20H26INO3/c1-20(2,12-15-8-10-17(24-3)11-9-15)22-13-16(23)14-25-19-7-5-4-6-18(19)21/h4-11,16,22-23H,12-14H2,1-3H3. The zero-order valence-electron chi connectivity index (χ0n) is 15.0. The molecule has 0 heterocycles. The monoisotopic (exact) mass is 455 g/mol. The predicted molar refractivity (Wildman–Crippen MR) is 109 cm³/mol. The molecule has 0 saturated carbocycles. The van der Waals surface area contributed by atoms with E-state index in [0.29, 0.717) is 6.54 Å². The highest BCUT2D eigenvalue weighted by Gasteiger charge is 2.19. The summed E-state index contributed by atoms with van der Waals surface area (Å²) in [6.45, 7) is 5.01. The largest absolute Gasteiger partial charge is 0.497 e. The smallest absolute Gasteiger partial charge is 0.132 e. The van der Waals surface area contributed by atoms with Crippen molar-refractivity contribution < 1.29 is 14.6 Å². The molecule has 25 heavy (non-hydrogen) atoms. The molecule has 2 rings (SSSR count). The number of aliphatic hydroxyl groups is 1. The minimum atomic E-state index is -0.564. The van der Waals surface area contributed by atoms with Crippen molar-refractivity contribution in [3.05, 3.63) is 57.7 Å². The van der Waals surface area contributed by atoms with E-state index in [1.165, 1.54) is 5.56 Å². The normalized spacial score (nSPS) is 12.7. The van der Waals surface area contributed by atoms with Gasteiger partial charge in [-0.1, -0.05) is 24.3 Å². The Morgan fingerprint density at radius 2 is 1.80 bits per heavy atom. The van der Waals surface area contributed by atoms with E-state index in [9.17, 15) is 5.11 Å². The first-order chi connectivity index (χ1) is 11.9. The Bertz CT molecular complexity index is 658. The maximum absolute atomic E-state index is 10.2. The average Bonchev–Trinajstić information content (AvgIpc) is 2.60. The van der Waals surface area contributed by atoms with Crippen LogP contribution in [0.4, 0.5) is 0 Å². The predicted octanol–water partition coefficient (Wildman–Crippen LogP) is 3.65. The van der Waals surface area contributed by atoms with Crippen LogP contribution in [0.25, 0.3) is 0 Å². The number of para-hydroxylation sites is 1. The van der Waals surface area contributed by atoms with Crippen LogP contribution < -0.4 is 14.8 Å². The molecule has 1 unspecified atom stereocenters. The number of hydrogen-bond donors (Lipinski definition) is 2. The Morgan fingerprint density at radius 3 is 2.44 bits per heavy atom. The first-order valence-electron chi connectivity index (χ1n) is 8.33. The summed E-state index contributed by atoms with van der Waals surface area (Å²) in [5, 5.41) is 13.6. The molecule has 2 aromatic rings. The highest BCUT2D eigenvalue weighted by Crippen LogP contribution is 2.20. The van der Waals surface area contributed by atoms with Gasteiger partial charge in [-0.3, -0.25) is 0 Å². The minimum Gasteiger partial charge on any atom is -0.497 e. The van der Waals surface area contributed by atoms with Gasteiger partial charge in [-0.2, -0.15) is 0 Å². The number of halogens is 1. The Hall–Kier alpha value is -1.31. The topological polar surface area (TPSA) is 50.7 Å². The van der Waals surface area contributed by atoms with Gasteiger partial charge in [-0.15, -0.1) is 0 Å². The van der Waals surface area contributed by atoms with Crippen LogP contribution in [0.3, 0.4) is 0 Å². The van der Waals surface area contributed by atoms with Crippen LogP contribution >= 0.6 is 22.6 Å². The molecule has 0 fully saturated rings. The lowest BCUT2D eigenvalue weighted by Gasteiger charge is -2.28. The number of benzene rings is 2. The molecule has 2 N–H and O–H groups in total. The van der Waals surface area contributed by atoms with E-state index in [4.69, 9.17) is 9.47 Å². The van der Waals surface area contributed by atoms with Gasteiger partial charge in [-0.05, 0) is 72.7 Å². The van der Waals surface area contributed by atoms with Crippen LogP contribution in [0, 0.1) is 3.57 Å². The maximum Gasteiger partial charge on any atom is 0.132 e. The van der Waals surface area contributed by atoms with Crippen LogP contribution in [-0.4, -0.2) is 37.0 Å². The molecule has 0 aliphatic carbocycles. The van der Waals surface area contributed by atoms with Gasteiger partial charge in [-0.25, -0.2) is 0 Å². The van der Waals surface area contributed by atoms with E-state index in [0.717, 1.165) is 21.5 Å². The fourth-order valence-electron chi connectivity index (χ4n) is 2.52. The van der Waals surface area contributed by atoms with Crippen molar-refractivity contribution in [3.63, 3.8) is 0 Å². The summed E-state index contributed by atoms with van der Waals surface area (Å²) in [6.07, 6.45) is 0.299. The molecule has 2 aromatic carbocycles. The summed E-state index contributed by atoms with van der Waals surface area (Å²) < 4.78 is 11.9. The van der Waals surface area contributed by atoms with Crippen molar-refractivity contribution in [2.75, 3.05) is 20.3 Å². The van der Waals surface area contributed by atoms with Crippen molar-refractivity contribution in [3.8, 4) is 11.5 Å². The zero-order valence-corrected chi connectivity index (χ0v) is 17.1. The Kier molecular flexibility index (Phi) is 7.53. The molecule has 0 aliphatic heterocycles. The fourth-order valence-corrected chi connectivity index (χ4v) is 3.06. The van der Waals surface area contributed by atoms with Gasteiger partial charge in [0.05, 0.1) is 10.7 Å². The molecule has 0 aliphatic rings. The van der Waals surface area contributed by atoms with Gasteiger partial charge in [0.1, 0.15) is 24.2 Å². The molecule has 0 spiro atoms. The van der Waals surface area contributed by atoms with Crippen LogP contribution in [-0.2, 0) is 6.42 Å². The molecule has 5 heteroatoms. The van der Waals surface area contributed by atoms with Crippen molar-refractivity contribution in [2.45, 2.75) is 31.9 Å². The molecule has 4 nitrogen and oxygen atoms in total. The summed E-state index contributed by atoms with van der Waals surface area (Å²) in [4.78, 5) is 0. The van der Waals surface area contributed by atoms with Gasteiger partial charge in [0.2, 0.25) is 0 Å². The molecular formula is C20H26INO3. The SMILES string of the molecule is COc1ccc(CC(C)(C)NCC(O)COc2ccccc2I)cc1. The van der Waals surface area contributed by atoms with Crippen LogP contribution in [0.15, 0.2) is 48.5 Å². The van der Waals surface area contributed by atoms with Gasteiger partial charge in [0, 0.05) is 12.1 Å². The van der Waals surface area contributed by atoms with Crippen LogP contribution in [0.1, 0.15) is 19.4 Å². The molecule has 136 valence electrons. The third-order valence-corrected chi connectivity index (χ3v) is 4.78. The molecule has 0 bridgehead atoms. The van der Waals surface area contributed by atoms with Gasteiger partial charge < -0.3 is 19.9 Å². The summed E-state index contributed by atoms with van der Waals surface area (Å²) in [5.74, 6) is 1.66. The van der Waals surface area contributed by atoms with Crippen molar-refractivity contribution in [1.82, 2.24) is 5.32 Å². The van der Waals surface area contributed by atoms with Crippen molar-refractivity contribution in [2.24, 2.45) is 0 Å². The van der Waals surface area contributed by atoms with E-state index in [1.54, 1.807) is 7.11 Å². The molecule has 0 amide bonds. The Morgan fingerprint density at radius 1 is 1.12 bits per heavy atom. The van der Waals surface area contributed by atoms with E-state index in [1.807, 2.05) is 36.4 Å². The lowest BCUT2D eigenvalue weighted by molar-refractivity contribution is 0.0984. The zero-order chi connectivity index (χ0) is 18.3. The second-order valence-electron chi connectivity index (χ2n) is 6.68. The third kappa shape index (κ3) is 6.84. The number of nitrogens with one attached hydrogen (secondary N) is 1. The third-order valence-electron chi connectivity index (χ3n) is 3.89. The Balaban J connectivity index is 1.78. The maximum atomic E-state index is 10.2. The molecule has 0 aromatic heterocycles. The van der Waals surface area contributed by atoms with Crippen molar-refractivity contribution >= 4 is 22.6 Å². The highest BCUT2D eigenvalue weighted by molar-refractivity contribution is 14.1. The molecule has 0 saturated heterocycles. The first-order valence-corrected chi connectivity index (χ1v) is 9.41. The number of hydrogen-bond acceptors (Lipinski definition) is 4. The van der Waals surface area contributed by atoms with Gasteiger partial charge in [0.25, 0.3) is 0 Å². The van der Waals surface area contributed by atoms with E-state index in [2.05, 4.69) is 53.9 Å². The summed E-state index contributed by atoms with van der Waals surface area (Å²) in [6, 6.07) is 15.9. The van der Waals surface area contributed by atoms with Crippen LogP contribution in [0.5, 0.6) is 11.5 Å². The number of rotatable bonds is 9. The molecule has 1 atom stereocenters. The van der Waals surface area contributed by atoms with E-state index < -0.39 is 6.10 Å². The summed E-state index contributed by atoms with van der Waals surface area (Å²) in [7, 11) is 1.67. The molecule has 0 radical (unpaired) electrons.